The Hall–Kier alpha value is -3.32. The number of benzene rings is 2. The number of ketones is 1. The molecule has 27 heavy (non-hydrogen) atoms. The number of nitrogens with zero attached hydrogens (tertiary/aromatic N) is 1. The molecular formula is C20H13FN2O3S. The highest BCUT2D eigenvalue weighted by Crippen LogP contribution is 2.29. The van der Waals surface area contributed by atoms with Gasteiger partial charge in [-0.1, -0.05) is 0 Å². The summed E-state index contributed by atoms with van der Waals surface area (Å²) >= 11 is 1.41. The van der Waals surface area contributed by atoms with Crippen molar-refractivity contribution in [1.29, 1.82) is 0 Å². The summed E-state index contributed by atoms with van der Waals surface area (Å²) in [7, 11) is 0. The van der Waals surface area contributed by atoms with Gasteiger partial charge in [0, 0.05) is 16.5 Å². The highest BCUT2D eigenvalue weighted by molar-refractivity contribution is 7.13. The zero-order valence-corrected chi connectivity index (χ0v) is 14.8. The lowest BCUT2D eigenvalue weighted by atomic mass is 10.1. The summed E-state index contributed by atoms with van der Waals surface area (Å²) in [6, 6.07) is 11.0. The van der Waals surface area contributed by atoms with Crippen LogP contribution in [0.2, 0.25) is 0 Å². The van der Waals surface area contributed by atoms with Crippen molar-refractivity contribution in [2.24, 2.45) is 0 Å². The fourth-order valence-electron chi connectivity index (χ4n) is 2.58. The number of nitrogens with one attached hydrogen (secondary N) is 1. The van der Waals surface area contributed by atoms with E-state index in [9.17, 15) is 14.0 Å². The Kier molecular flexibility index (Phi) is 4.52. The minimum atomic E-state index is -0.298. The lowest BCUT2D eigenvalue weighted by Gasteiger charge is -2.17. The van der Waals surface area contributed by atoms with E-state index >= 15 is 0 Å². The first-order valence-electron chi connectivity index (χ1n) is 8.09. The molecule has 1 N–H and O–H groups in total. The Morgan fingerprint density at radius 1 is 1.22 bits per heavy atom. The first-order valence-corrected chi connectivity index (χ1v) is 8.97. The van der Waals surface area contributed by atoms with Gasteiger partial charge in [-0.15, -0.1) is 11.3 Å². The molecule has 3 aromatic rings. The summed E-state index contributed by atoms with van der Waals surface area (Å²) < 4.78 is 18.3. The summed E-state index contributed by atoms with van der Waals surface area (Å²) in [5, 5.41) is 5.25. The fourth-order valence-corrected chi connectivity index (χ4v) is 3.38. The number of rotatable bonds is 4. The van der Waals surface area contributed by atoms with Crippen LogP contribution in [0.3, 0.4) is 0 Å². The molecule has 0 radical (unpaired) electrons. The van der Waals surface area contributed by atoms with Gasteiger partial charge in [0.2, 0.25) is 0 Å². The van der Waals surface area contributed by atoms with Crippen molar-refractivity contribution < 1.29 is 18.7 Å². The quantitative estimate of drug-likeness (QED) is 0.545. The predicted molar refractivity (Wildman–Crippen MR) is 101 cm³/mol. The molecule has 0 saturated heterocycles. The number of thiazole rings is 1. The van der Waals surface area contributed by atoms with Crippen LogP contribution < -0.4 is 10.1 Å². The van der Waals surface area contributed by atoms with Gasteiger partial charge < -0.3 is 10.1 Å². The summed E-state index contributed by atoms with van der Waals surface area (Å²) in [5.74, 6) is -0.223. The van der Waals surface area contributed by atoms with Gasteiger partial charge in [-0.2, -0.15) is 0 Å². The van der Waals surface area contributed by atoms with Gasteiger partial charge in [0.25, 0.3) is 5.91 Å². The van der Waals surface area contributed by atoms with E-state index in [2.05, 4.69) is 10.3 Å². The Morgan fingerprint density at radius 2 is 2.04 bits per heavy atom. The van der Waals surface area contributed by atoms with Gasteiger partial charge in [0.15, 0.2) is 12.4 Å². The molecule has 5 nitrogen and oxygen atoms in total. The van der Waals surface area contributed by atoms with Crippen LogP contribution in [0.1, 0.15) is 16.1 Å². The third-order valence-corrected chi connectivity index (χ3v) is 4.83. The molecule has 2 heterocycles. The van der Waals surface area contributed by atoms with E-state index in [4.69, 9.17) is 4.74 Å². The van der Waals surface area contributed by atoms with Gasteiger partial charge >= 0.3 is 0 Å². The SMILES string of the molecule is O=C1COc2ccc(C(=O)/C=C/c3csc(-c4ccc(F)cc4)n3)cc2N1. The van der Waals surface area contributed by atoms with Crippen LogP contribution in [0.15, 0.2) is 53.9 Å². The maximum absolute atomic E-state index is 13.0. The van der Waals surface area contributed by atoms with Crippen molar-refractivity contribution in [1.82, 2.24) is 4.98 Å². The molecule has 0 spiro atoms. The second-order valence-electron chi connectivity index (χ2n) is 5.83. The number of carbonyl (C=O) groups is 2. The molecule has 1 aliphatic rings. The predicted octanol–water partition coefficient (Wildman–Crippen LogP) is 4.18. The molecule has 0 fully saturated rings. The highest BCUT2D eigenvalue weighted by atomic mass is 32.1. The monoisotopic (exact) mass is 380 g/mol. The third kappa shape index (κ3) is 3.78. The van der Waals surface area contributed by atoms with Crippen molar-refractivity contribution in [3.63, 3.8) is 0 Å². The standard InChI is InChI=1S/C20H13FN2O3S/c21-14-4-1-12(2-5-14)20-22-15(11-27-20)6-7-17(24)13-3-8-18-16(9-13)23-19(25)10-26-18/h1-9,11H,10H2,(H,23,25)/b7-6+. The Labute approximate surface area is 158 Å². The summed E-state index contributed by atoms with van der Waals surface area (Å²) in [4.78, 5) is 28.2. The van der Waals surface area contributed by atoms with Crippen LogP contribution >= 0.6 is 11.3 Å². The Balaban J connectivity index is 1.50. The molecule has 7 heteroatoms. The number of anilines is 1. The average molecular weight is 380 g/mol. The minimum absolute atomic E-state index is 0.0274. The van der Waals surface area contributed by atoms with Crippen molar-refractivity contribution in [2.45, 2.75) is 0 Å². The van der Waals surface area contributed by atoms with Gasteiger partial charge in [-0.25, -0.2) is 9.37 Å². The smallest absolute Gasteiger partial charge is 0.262 e. The molecular weight excluding hydrogens is 367 g/mol. The number of ether oxygens (including phenoxy) is 1. The van der Waals surface area contributed by atoms with Crippen molar-refractivity contribution in [3.8, 4) is 16.3 Å². The number of hydrogen-bond acceptors (Lipinski definition) is 5. The van der Waals surface area contributed by atoms with Gasteiger partial charge in [-0.05, 0) is 54.6 Å². The van der Waals surface area contributed by atoms with E-state index in [0.717, 1.165) is 10.6 Å². The third-order valence-electron chi connectivity index (χ3n) is 3.92. The topological polar surface area (TPSA) is 68.3 Å². The summed E-state index contributed by atoms with van der Waals surface area (Å²) in [5.41, 5.74) is 2.38. The molecule has 134 valence electrons. The van der Waals surface area contributed by atoms with Crippen molar-refractivity contribution in [3.05, 3.63) is 71.0 Å². The molecule has 0 saturated carbocycles. The lowest BCUT2D eigenvalue weighted by molar-refractivity contribution is -0.118. The zero-order chi connectivity index (χ0) is 18.8. The minimum Gasteiger partial charge on any atom is -0.482 e. The lowest BCUT2D eigenvalue weighted by Crippen LogP contribution is -2.25. The number of amides is 1. The second kappa shape index (κ2) is 7.13. The normalized spacial score (nSPS) is 13.1. The molecule has 2 aromatic carbocycles. The number of hydrogen-bond donors (Lipinski definition) is 1. The van der Waals surface area contributed by atoms with E-state index in [-0.39, 0.29) is 24.1 Å². The maximum Gasteiger partial charge on any atom is 0.262 e. The number of fused-ring (bicyclic) bond motifs is 1. The van der Waals surface area contributed by atoms with Crippen LogP contribution in [-0.2, 0) is 4.79 Å². The van der Waals surface area contributed by atoms with Crippen LogP contribution in [0.25, 0.3) is 16.6 Å². The summed E-state index contributed by atoms with van der Waals surface area (Å²) in [6.07, 6.45) is 3.05. The number of halogens is 1. The Morgan fingerprint density at radius 3 is 2.85 bits per heavy atom. The Bertz CT molecular complexity index is 1060. The highest BCUT2D eigenvalue weighted by Gasteiger charge is 2.17. The first-order chi connectivity index (χ1) is 13.1. The van der Waals surface area contributed by atoms with Crippen LogP contribution in [0, 0.1) is 5.82 Å². The van der Waals surface area contributed by atoms with Gasteiger partial charge in [-0.3, -0.25) is 9.59 Å². The molecule has 0 aliphatic carbocycles. The maximum atomic E-state index is 13.0. The molecule has 4 rings (SSSR count). The molecule has 0 unspecified atom stereocenters. The molecule has 0 bridgehead atoms. The van der Waals surface area contributed by atoms with E-state index in [0.29, 0.717) is 22.7 Å². The van der Waals surface area contributed by atoms with E-state index < -0.39 is 0 Å². The van der Waals surface area contributed by atoms with Gasteiger partial charge in [0.1, 0.15) is 16.6 Å². The molecule has 1 amide bonds. The number of aromatic nitrogens is 1. The van der Waals surface area contributed by atoms with Crippen molar-refractivity contribution >= 4 is 34.8 Å². The molecule has 1 aromatic heterocycles. The van der Waals surface area contributed by atoms with Crippen LogP contribution in [0.5, 0.6) is 5.75 Å². The van der Waals surface area contributed by atoms with Gasteiger partial charge in [0.05, 0.1) is 11.4 Å². The fraction of sp³-hybridized carbons (Fsp3) is 0.0500. The van der Waals surface area contributed by atoms with Crippen LogP contribution in [0.4, 0.5) is 10.1 Å². The molecule has 1 aliphatic heterocycles. The zero-order valence-electron chi connectivity index (χ0n) is 13.9. The first kappa shape index (κ1) is 17.1. The average Bonchev–Trinajstić information content (AvgIpc) is 3.15. The van der Waals surface area contributed by atoms with E-state index in [1.807, 2.05) is 5.38 Å². The molecule has 0 atom stereocenters. The summed E-state index contributed by atoms with van der Waals surface area (Å²) in [6.45, 7) is -0.0274. The van der Waals surface area contributed by atoms with E-state index in [1.165, 1.54) is 29.5 Å². The van der Waals surface area contributed by atoms with Crippen LogP contribution in [-0.4, -0.2) is 23.3 Å². The largest absolute Gasteiger partial charge is 0.482 e. The second-order valence-corrected chi connectivity index (χ2v) is 6.69. The number of allylic oxidation sites excluding steroid dienone is 1. The number of carbonyl (C=O) groups excluding carboxylic acids is 2. The van der Waals surface area contributed by atoms with E-state index in [1.54, 1.807) is 36.4 Å². The van der Waals surface area contributed by atoms with Crippen molar-refractivity contribution in [2.75, 3.05) is 11.9 Å².